The Bertz CT molecular complexity index is 449. The molecule has 1 aromatic carbocycles. The van der Waals surface area contributed by atoms with Gasteiger partial charge in [0.2, 0.25) is 0 Å². The highest BCUT2D eigenvalue weighted by Crippen LogP contribution is 2.21. The molecule has 4 heteroatoms. The summed E-state index contributed by atoms with van der Waals surface area (Å²) in [4.78, 5) is 11.0. The summed E-state index contributed by atoms with van der Waals surface area (Å²) in [7, 11) is -1.48. The quantitative estimate of drug-likeness (QED) is 0.301. The van der Waals surface area contributed by atoms with E-state index in [1.54, 1.807) is 0 Å². The van der Waals surface area contributed by atoms with Crippen LogP contribution in [0.25, 0.3) is 0 Å². The molecule has 0 spiro atoms. The molecule has 1 rings (SSSR count). The first-order valence-electron chi connectivity index (χ1n) is 7.30. The van der Waals surface area contributed by atoms with Gasteiger partial charge in [-0.15, -0.1) is 0 Å². The fraction of sp³-hybridized carbons (Fsp3) is 0.471. The van der Waals surface area contributed by atoms with Gasteiger partial charge in [0.15, 0.2) is 0 Å². The van der Waals surface area contributed by atoms with Crippen LogP contribution in [0, 0.1) is 5.92 Å². The van der Waals surface area contributed by atoms with E-state index in [-0.39, 0.29) is 12.7 Å². The van der Waals surface area contributed by atoms with E-state index in [0.29, 0.717) is 13.2 Å². The maximum atomic E-state index is 11.0. The largest absolute Gasteiger partial charge is 0.351 e. The Hall–Kier alpha value is -1.23. The monoisotopic (exact) mass is 306 g/mol. The molecular weight excluding hydrogens is 280 g/mol. The second-order valence-corrected chi connectivity index (χ2v) is 11.2. The lowest BCUT2D eigenvalue weighted by molar-refractivity contribution is -0.109. The lowest BCUT2D eigenvalue weighted by atomic mass is 10.2. The summed E-state index contributed by atoms with van der Waals surface area (Å²) in [6, 6.07) is 10.0. The van der Waals surface area contributed by atoms with Gasteiger partial charge in [-0.25, -0.2) is 0 Å². The molecule has 0 saturated carbocycles. The molecule has 21 heavy (non-hydrogen) atoms. The fourth-order valence-electron chi connectivity index (χ4n) is 2.24. The average Bonchev–Trinajstić information content (AvgIpc) is 2.45. The molecule has 0 amide bonds. The SMILES string of the molecule is C[C@H](C=O)/C(=C/COCOCc1ccccc1)[Si](C)(C)C. The molecular formula is C17H26O3Si. The highest BCUT2D eigenvalue weighted by atomic mass is 28.3. The number of hydrogen-bond acceptors (Lipinski definition) is 3. The Morgan fingerprint density at radius 1 is 1.19 bits per heavy atom. The molecule has 116 valence electrons. The van der Waals surface area contributed by atoms with Crippen LogP contribution in [0.3, 0.4) is 0 Å². The minimum absolute atomic E-state index is 0.0227. The molecule has 1 atom stereocenters. The first-order valence-corrected chi connectivity index (χ1v) is 10.8. The normalized spacial score (nSPS) is 14.0. The number of hydrogen-bond donors (Lipinski definition) is 0. The third-order valence-corrected chi connectivity index (χ3v) is 5.65. The highest BCUT2D eigenvalue weighted by molar-refractivity contribution is 6.83. The number of benzene rings is 1. The van der Waals surface area contributed by atoms with Crippen LogP contribution < -0.4 is 0 Å². The van der Waals surface area contributed by atoms with E-state index in [4.69, 9.17) is 9.47 Å². The molecule has 0 unspecified atom stereocenters. The molecule has 0 aliphatic heterocycles. The van der Waals surface area contributed by atoms with Crippen molar-refractivity contribution in [2.45, 2.75) is 33.2 Å². The van der Waals surface area contributed by atoms with Gasteiger partial charge in [-0.2, -0.15) is 0 Å². The van der Waals surface area contributed by atoms with Crippen molar-refractivity contribution in [3.63, 3.8) is 0 Å². The summed E-state index contributed by atoms with van der Waals surface area (Å²) in [6.07, 6.45) is 3.06. The number of ether oxygens (including phenoxy) is 2. The van der Waals surface area contributed by atoms with Crippen molar-refractivity contribution in [2.24, 2.45) is 5.92 Å². The van der Waals surface area contributed by atoms with Crippen molar-refractivity contribution in [2.75, 3.05) is 13.4 Å². The molecule has 0 aliphatic rings. The summed E-state index contributed by atoms with van der Waals surface area (Å²) in [5, 5.41) is 1.24. The van der Waals surface area contributed by atoms with Gasteiger partial charge >= 0.3 is 0 Å². The maximum Gasteiger partial charge on any atom is 0.147 e. The van der Waals surface area contributed by atoms with Crippen LogP contribution in [0.15, 0.2) is 41.6 Å². The first-order chi connectivity index (χ1) is 9.95. The molecule has 0 saturated heterocycles. The van der Waals surface area contributed by atoms with Crippen molar-refractivity contribution >= 4 is 14.4 Å². The summed E-state index contributed by atoms with van der Waals surface area (Å²) in [5.41, 5.74) is 1.13. The Morgan fingerprint density at radius 3 is 2.43 bits per heavy atom. The van der Waals surface area contributed by atoms with E-state index in [1.165, 1.54) is 5.20 Å². The summed E-state index contributed by atoms with van der Waals surface area (Å²) in [5.74, 6) is -0.0227. The van der Waals surface area contributed by atoms with Gasteiger partial charge in [0.25, 0.3) is 0 Å². The number of carbonyl (C=O) groups excluding carboxylic acids is 1. The Labute approximate surface area is 129 Å². The fourth-order valence-corrected chi connectivity index (χ4v) is 4.37. The molecule has 3 nitrogen and oxygen atoms in total. The van der Waals surface area contributed by atoms with E-state index in [9.17, 15) is 4.79 Å². The van der Waals surface area contributed by atoms with Gasteiger partial charge < -0.3 is 14.3 Å². The zero-order valence-corrected chi connectivity index (χ0v) is 14.5. The molecule has 0 aromatic heterocycles. The predicted molar refractivity (Wildman–Crippen MR) is 88.7 cm³/mol. The topological polar surface area (TPSA) is 35.5 Å². The van der Waals surface area contributed by atoms with Crippen molar-refractivity contribution in [1.82, 2.24) is 0 Å². The van der Waals surface area contributed by atoms with Gasteiger partial charge in [0.05, 0.1) is 21.3 Å². The zero-order chi connectivity index (χ0) is 15.7. The van der Waals surface area contributed by atoms with Crippen molar-refractivity contribution in [3.05, 3.63) is 47.2 Å². The third-order valence-electron chi connectivity index (χ3n) is 3.26. The van der Waals surface area contributed by atoms with Crippen molar-refractivity contribution in [3.8, 4) is 0 Å². The van der Waals surface area contributed by atoms with Crippen LogP contribution in [0.1, 0.15) is 12.5 Å². The van der Waals surface area contributed by atoms with Crippen molar-refractivity contribution in [1.29, 1.82) is 0 Å². The van der Waals surface area contributed by atoms with Crippen LogP contribution >= 0.6 is 0 Å². The van der Waals surface area contributed by atoms with Crippen LogP contribution in [0.5, 0.6) is 0 Å². The highest BCUT2D eigenvalue weighted by Gasteiger charge is 2.23. The second-order valence-electron chi connectivity index (χ2n) is 6.16. The molecule has 0 heterocycles. The minimum Gasteiger partial charge on any atom is -0.351 e. The third kappa shape index (κ3) is 6.84. The van der Waals surface area contributed by atoms with Gasteiger partial charge in [0, 0.05) is 5.92 Å². The standard InChI is InChI=1S/C17H26O3Si/c1-15(12-18)17(21(2,3)4)10-11-19-14-20-13-16-8-6-5-7-9-16/h5-10,12,15H,11,13-14H2,1-4H3/b17-10-/t15-/m1/s1. The summed E-state index contributed by atoms with van der Waals surface area (Å²) >= 11 is 0. The van der Waals surface area contributed by atoms with E-state index < -0.39 is 8.07 Å². The van der Waals surface area contributed by atoms with E-state index in [2.05, 4.69) is 25.7 Å². The van der Waals surface area contributed by atoms with Gasteiger partial charge in [-0.3, -0.25) is 0 Å². The Kier molecular flexibility index (Phi) is 7.57. The minimum atomic E-state index is -1.48. The second kappa shape index (κ2) is 8.92. The van der Waals surface area contributed by atoms with E-state index in [1.807, 2.05) is 37.3 Å². The number of carbonyl (C=O) groups is 1. The number of rotatable bonds is 9. The molecule has 0 bridgehead atoms. The van der Waals surface area contributed by atoms with Crippen LogP contribution in [0.2, 0.25) is 19.6 Å². The molecule has 0 N–H and O–H groups in total. The van der Waals surface area contributed by atoms with E-state index in [0.717, 1.165) is 11.8 Å². The maximum absolute atomic E-state index is 11.0. The van der Waals surface area contributed by atoms with Crippen LogP contribution in [-0.2, 0) is 20.9 Å². The van der Waals surface area contributed by atoms with Crippen molar-refractivity contribution < 1.29 is 14.3 Å². The Morgan fingerprint density at radius 2 is 1.86 bits per heavy atom. The summed E-state index contributed by atoms with van der Waals surface area (Å²) in [6.45, 7) is 9.98. The lowest BCUT2D eigenvalue weighted by Crippen LogP contribution is -2.29. The lowest BCUT2D eigenvalue weighted by Gasteiger charge is -2.23. The number of aldehydes is 1. The zero-order valence-electron chi connectivity index (χ0n) is 13.5. The molecule has 0 radical (unpaired) electrons. The van der Waals surface area contributed by atoms with Crippen LogP contribution in [0.4, 0.5) is 0 Å². The van der Waals surface area contributed by atoms with Gasteiger partial charge in [-0.1, -0.05) is 68.2 Å². The first kappa shape index (κ1) is 17.8. The number of allylic oxidation sites excluding steroid dienone is 1. The molecule has 1 aromatic rings. The molecule has 0 aliphatic carbocycles. The van der Waals surface area contributed by atoms with Crippen LogP contribution in [-0.4, -0.2) is 27.8 Å². The summed E-state index contributed by atoms with van der Waals surface area (Å²) < 4.78 is 10.9. The smallest absolute Gasteiger partial charge is 0.147 e. The predicted octanol–water partition coefficient (Wildman–Crippen LogP) is 3.82. The average molecular weight is 306 g/mol. The van der Waals surface area contributed by atoms with Gasteiger partial charge in [-0.05, 0) is 5.56 Å². The van der Waals surface area contributed by atoms with E-state index >= 15 is 0 Å². The molecule has 0 fully saturated rings. The van der Waals surface area contributed by atoms with Gasteiger partial charge in [0.1, 0.15) is 13.1 Å². The Balaban J connectivity index is 2.33.